The Morgan fingerprint density at radius 3 is 2.45 bits per heavy atom. The van der Waals surface area contributed by atoms with Crippen LogP contribution in [0.2, 0.25) is 0 Å². The van der Waals surface area contributed by atoms with Crippen molar-refractivity contribution < 1.29 is 13.2 Å². The van der Waals surface area contributed by atoms with E-state index in [0.717, 1.165) is 0 Å². The normalized spacial score (nSPS) is 12.2. The van der Waals surface area contributed by atoms with Crippen LogP contribution in [-0.2, 0) is 10.0 Å². The lowest BCUT2D eigenvalue weighted by Gasteiger charge is -2.09. The molecule has 3 N–H and O–H groups in total. The Hall–Kier alpha value is -1.37. The third-order valence-corrected chi connectivity index (χ3v) is 3.85. The molecule has 0 aromatic heterocycles. The van der Waals surface area contributed by atoms with Crippen molar-refractivity contribution in [2.75, 3.05) is 19.7 Å². The molecule has 0 aliphatic carbocycles. The minimum absolute atomic E-state index is 0.218. The minimum atomic E-state index is -3.49. The van der Waals surface area contributed by atoms with E-state index >= 15 is 0 Å². The molecule has 0 saturated carbocycles. The van der Waals surface area contributed by atoms with Gasteiger partial charge in [0.15, 0.2) is 0 Å². The average molecular weight is 298 g/mol. The van der Waals surface area contributed by atoms with Crippen molar-refractivity contribution in [3.05, 3.63) is 36.4 Å². The van der Waals surface area contributed by atoms with Crippen LogP contribution in [0.15, 0.2) is 41.3 Å². The van der Waals surface area contributed by atoms with Crippen molar-refractivity contribution in [2.24, 2.45) is 11.7 Å². The molecule has 0 aliphatic rings. The molecule has 5 nitrogen and oxygen atoms in total. The SMILES string of the molecule is CC(C)COc1ccc(S(=O)(=O)NC/C=C/CN)cc1. The number of ether oxygens (including phenoxy) is 1. The molecule has 1 rings (SSSR count). The van der Waals surface area contributed by atoms with E-state index in [0.29, 0.717) is 24.8 Å². The van der Waals surface area contributed by atoms with E-state index in [1.807, 2.05) is 0 Å². The summed E-state index contributed by atoms with van der Waals surface area (Å²) in [4.78, 5) is 0.218. The minimum Gasteiger partial charge on any atom is -0.493 e. The summed E-state index contributed by atoms with van der Waals surface area (Å²) in [5.74, 6) is 1.09. The second kappa shape index (κ2) is 8.04. The highest BCUT2D eigenvalue weighted by molar-refractivity contribution is 7.89. The number of benzene rings is 1. The van der Waals surface area contributed by atoms with Crippen LogP contribution in [0.3, 0.4) is 0 Å². The molecule has 0 unspecified atom stereocenters. The van der Waals surface area contributed by atoms with E-state index in [9.17, 15) is 8.42 Å². The van der Waals surface area contributed by atoms with Crippen LogP contribution in [-0.4, -0.2) is 28.1 Å². The van der Waals surface area contributed by atoms with Crippen molar-refractivity contribution in [1.29, 1.82) is 0 Å². The Balaban J connectivity index is 2.64. The first kappa shape index (κ1) is 16.7. The summed E-state index contributed by atoms with van der Waals surface area (Å²) in [6, 6.07) is 6.38. The van der Waals surface area contributed by atoms with Crippen LogP contribution in [0.5, 0.6) is 5.75 Å². The van der Waals surface area contributed by atoms with Gasteiger partial charge in [-0.25, -0.2) is 13.1 Å². The number of rotatable bonds is 8. The Kier molecular flexibility index (Phi) is 6.70. The fourth-order valence-corrected chi connectivity index (χ4v) is 2.38. The predicted octanol–water partition coefficient (Wildman–Crippen LogP) is 1.51. The fourth-order valence-electron chi connectivity index (χ4n) is 1.40. The van der Waals surface area contributed by atoms with Crippen LogP contribution in [0.4, 0.5) is 0 Å². The summed E-state index contributed by atoms with van der Waals surface area (Å²) < 4.78 is 31.9. The average Bonchev–Trinajstić information content (AvgIpc) is 2.42. The lowest BCUT2D eigenvalue weighted by Crippen LogP contribution is -2.23. The molecule has 6 heteroatoms. The second-order valence-electron chi connectivity index (χ2n) is 4.74. The Morgan fingerprint density at radius 1 is 1.25 bits per heavy atom. The van der Waals surface area contributed by atoms with Gasteiger partial charge in [-0.15, -0.1) is 0 Å². The van der Waals surface area contributed by atoms with Crippen LogP contribution in [0.1, 0.15) is 13.8 Å². The van der Waals surface area contributed by atoms with Crippen LogP contribution >= 0.6 is 0 Å². The molecule has 112 valence electrons. The highest BCUT2D eigenvalue weighted by atomic mass is 32.2. The third kappa shape index (κ3) is 5.73. The Bertz CT molecular complexity index is 522. The molecule has 0 bridgehead atoms. The van der Waals surface area contributed by atoms with Gasteiger partial charge in [-0.3, -0.25) is 0 Å². The van der Waals surface area contributed by atoms with Crippen molar-refractivity contribution >= 4 is 10.0 Å². The topological polar surface area (TPSA) is 81.4 Å². The van der Waals surface area contributed by atoms with Crippen LogP contribution in [0.25, 0.3) is 0 Å². The monoisotopic (exact) mass is 298 g/mol. The summed E-state index contributed by atoms with van der Waals surface area (Å²) in [6.45, 7) is 5.33. The summed E-state index contributed by atoms with van der Waals surface area (Å²) >= 11 is 0. The molecule has 0 heterocycles. The van der Waals surface area contributed by atoms with Crippen LogP contribution in [0, 0.1) is 5.92 Å². The standard InChI is InChI=1S/C14H22N2O3S/c1-12(2)11-19-13-5-7-14(8-6-13)20(17,18)16-10-4-3-9-15/h3-8,12,16H,9-11,15H2,1-2H3/b4-3+. The molecule has 1 aromatic rings. The summed E-state index contributed by atoms with van der Waals surface area (Å²) in [5.41, 5.74) is 5.28. The van der Waals surface area contributed by atoms with Crippen molar-refractivity contribution in [1.82, 2.24) is 4.72 Å². The smallest absolute Gasteiger partial charge is 0.240 e. The molecule has 0 spiro atoms. The molecule has 0 fully saturated rings. The molecule has 20 heavy (non-hydrogen) atoms. The van der Waals surface area contributed by atoms with E-state index in [1.54, 1.807) is 24.3 Å². The maximum absolute atomic E-state index is 12.0. The van der Waals surface area contributed by atoms with Crippen molar-refractivity contribution in [2.45, 2.75) is 18.7 Å². The number of nitrogens with one attached hydrogen (secondary N) is 1. The van der Waals surface area contributed by atoms with Crippen LogP contribution < -0.4 is 15.2 Å². The highest BCUT2D eigenvalue weighted by Gasteiger charge is 2.12. The first-order chi connectivity index (χ1) is 9.45. The summed E-state index contributed by atoms with van der Waals surface area (Å²) in [6.07, 6.45) is 3.38. The summed E-state index contributed by atoms with van der Waals surface area (Å²) in [7, 11) is -3.49. The van der Waals surface area contributed by atoms with E-state index in [4.69, 9.17) is 10.5 Å². The van der Waals surface area contributed by atoms with Gasteiger partial charge in [0.05, 0.1) is 11.5 Å². The molecule has 0 saturated heterocycles. The Labute approximate surface area is 120 Å². The van der Waals surface area contributed by atoms with E-state index in [1.165, 1.54) is 12.1 Å². The van der Waals surface area contributed by atoms with Crippen molar-refractivity contribution in [3.8, 4) is 5.75 Å². The molecule has 0 aliphatic heterocycles. The van der Waals surface area contributed by atoms with Gasteiger partial charge in [0.1, 0.15) is 5.75 Å². The lowest BCUT2D eigenvalue weighted by atomic mass is 10.2. The lowest BCUT2D eigenvalue weighted by molar-refractivity contribution is 0.271. The van der Waals surface area contributed by atoms with Gasteiger partial charge in [-0.05, 0) is 30.2 Å². The third-order valence-electron chi connectivity index (χ3n) is 2.41. The molecular weight excluding hydrogens is 276 g/mol. The first-order valence-electron chi connectivity index (χ1n) is 6.53. The maximum Gasteiger partial charge on any atom is 0.240 e. The number of hydrogen-bond acceptors (Lipinski definition) is 4. The number of nitrogens with two attached hydrogens (primary N) is 1. The number of sulfonamides is 1. The second-order valence-corrected chi connectivity index (χ2v) is 6.50. The zero-order valence-electron chi connectivity index (χ0n) is 11.9. The van der Waals surface area contributed by atoms with E-state index < -0.39 is 10.0 Å². The van der Waals surface area contributed by atoms with Gasteiger partial charge >= 0.3 is 0 Å². The molecule has 0 radical (unpaired) electrons. The quantitative estimate of drug-likeness (QED) is 0.713. The summed E-state index contributed by atoms with van der Waals surface area (Å²) in [5, 5.41) is 0. The van der Waals surface area contributed by atoms with Gasteiger partial charge in [0, 0.05) is 13.1 Å². The maximum atomic E-state index is 12.0. The van der Waals surface area contributed by atoms with Gasteiger partial charge < -0.3 is 10.5 Å². The zero-order valence-corrected chi connectivity index (χ0v) is 12.7. The Morgan fingerprint density at radius 2 is 1.90 bits per heavy atom. The predicted molar refractivity (Wildman–Crippen MR) is 80.2 cm³/mol. The van der Waals surface area contributed by atoms with Gasteiger partial charge in [0.25, 0.3) is 0 Å². The molecular formula is C14H22N2O3S. The van der Waals surface area contributed by atoms with Crippen molar-refractivity contribution in [3.63, 3.8) is 0 Å². The molecule has 0 atom stereocenters. The zero-order chi connectivity index (χ0) is 15.0. The molecule has 1 aromatic carbocycles. The fraction of sp³-hybridized carbons (Fsp3) is 0.429. The van der Waals surface area contributed by atoms with Gasteiger partial charge in [-0.2, -0.15) is 0 Å². The first-order valence-corrected chi connectivity index (χ1v) is 8.01. The van der Waals surface area contributed by atoms with Gasteiger partial charge in [0.2, 0.25) is 10.0 Å². The largest absolute Gasteiger partial charge is 0.493 e. The number of hydrogen-bond donors (Lipinski definition) is 2. The van der Waals surface area contributed by atoms with E-state index in [2.05, 4.69) is 18.6 Å². The van der Waals surface area contributed by atoms with E-state index in [-0.39, 0.29) is 11.4 Å². The molecule has 0 amide bonds. The highest BCUT2D eigenvalue weighted by Crippen LogP contribution is 2.16. The van der Waals surface area contributed by atoms with Gasteiger partial charge in [-0.1, -0.05) is 26.0 Å².